The van der Waals surface area contributed by atoms with E-state index in [4.69, 9.17) is 30.5 Å². The van der Waals surface area contributed by atoms with Crippen molar-refractivity contribution in [2.45, 2.75) is 50.7 Å². The number of carbonyl (C=O) groups is 5. The Morgan fingerprint density at radius 1 is 0.808 bits per heavy atom. The summed E-state index contributed by atoms with van der Waals surface area (Å²) in [6, 6.07) is 21.6. The number of aromatic nitrogens is 4. The number of hydrogen-bond donors (Lipinski definition) is 5. The maximum atomic E-state index is 13.4. The summed E-state index contributed by atoms with van der Waals surface area (Å²) in [6.07, 6.45) is -1.96. The molecule has 8 rings (SSSR count). The van der Waals surface area contributed by atoms with E-state index >= 15 is 0 Å². The number of aromatic hydroxyl groups is 1. The Kier molecular flexibility index (Phi) is 17.2. The van der Waals surface area contributed by atoms with E-state index in [0.29, 0.717) is 77.8 Å². The van der Waals surface area contributed by atoms with Crippen molar-refractivity contribution >= 4 is 57.9 Å². The molecule has 0 spiro atoms. The number of rotatable bonds is 25. The van der Waals surface area contributed by atoms with E-state index in [1.165, 1.54) is 22.9 Å². The molecule has 5 amide bonds. The Morgan fingerprint density at radius 2 is 1.51 bits per heavy atom. The zero-order chi connectivity index (χ0) is 51.5. The number of fused-ring (bicyclic) bond motifs is 2. The van der Waals surface area contributed by atoms with Crippen molar-refractivity contribution in [1.29, 1.82) is 0 Å². The summed E-state index contributed by atoms with van der Waals surface area (Å²) in [7, 11) is 0. The van der Waals surface area contributed by atoms with Crippen LogP contribution in [0.2, 0.25) is 5.02 Å². The maximum absolute atomic E-state index is 13.4. The number of H-pyrrole nitrogens is 1. The van der Waals surface area contributed by atoms with Crippen LogP contribution in [0.25, 0.3) is 28.2 Å². The minimum atomic E-state index is -4.50. The molecule has 0 aliphatic carbocycles. The summed E-state index contributed by atoms with van der Waals surface area (Å²) in [5, 5.41) is 24.5. The highest BCUT2D eigenvalue weighted by Gasteiger charge is 2.45. The van der Waals surface area contributed by atoms with E-state index in [1.807, 2.05) is 24.3 Å². The Balaban J connectivity index is 0.664. The first-order valence-electron chi connectivity index (χ1n) is 23.6. The van der Waals surface area contributed by atoms with Gasteiger partial charge in [0.05, 0.1) is 67.4 Å². The van der Waals surface area contributed by atoms with Gasteiger partial charge in [0.25, 0.3) is 11.8 Å². The molecule has 1 atom stereocenters. The molecule has 0 saturated carbocycles. The summed E-state index contributed by atoms with van der Waals surface area (Å²) in [6.45, 7) is 2.66. The lowest BCUT2D eigenvalue weighted by atomic mass is 9.99. The highest BCUT2D eigenvalue weighted by molar-refractivity contribution is 6.31. The van der Waals surface area contributed by atoms with Gasteiger partial charge in [-0.05, 0) is 85.7 Å². The molecule has 1 unspecified atom stereocenters. The second-order valence-electron chi connectivity index (χ2n) is 17.1. The van der Waals surface area contributed by atoms with Crippen LogP contribution in [0.1, 0.15) is 62.2 Å². The fourth-order valence-corrected chi connectivity index (χ4v) is 8.56. The molecule has 0 bridgehead atoms. The average Bonchev–Trinajstić information content (AvgIpc) is 4.02. The maximum Gasteiger partial charge on any atom is 0.416 e. The van der Waals surface area contributed by atoms with Crippen molar-refractivity contribution in [2.75, 3.05) is 71.3 Å². The van der Waals surface area contributed by atoms with E-state index in [0.717, 1.165) is 41.0 Å². The lowest BCUT2D eigenvalue weighted by Gasteiger charge is -2.27. The molecule has 384 valence electrons. The van der Waals surface area contributed by atoms with Gasteiger partial charge in [-0.3, -0.25) is 34.2 Å². The predicted octanol–water partition coefficient (Wildman–Crippen LogP) is 6.21. The highest BCUT2D eigenvalue weighted by atomic mass is 35.5. The standard InChI is InChI=1S/C51H52ClF3N8O10/c52-35-15-17-38-40(29-35)59-50(58-38)63-48(68)37(45(61-63)33-11-13-34(14-12-33)51(53,54)55)16-10-32-8-6-31(7-9-32)3-2-22-70-25-26-72-27-28-73-30-43(65)57-21-24-71-23-20-56-39-5-1-4-36-44(39)49(69)62(47(36)67)41-18-19-42(64)60-46(41)66/h1,4-9,11-15,17,29,41,56,68H,2-3,10,16,18-28,30H2,(H,57,65)(H,58,59)(H,60,64,66). The van der Waals surface area contributed by atoms with E-state index in [2.05, 4.69) is 31.0 Å². The normalized spacial score (nSPS) is 14.8. The number of alkyl halides is 3. The van der Waals surface area contributed by atoms with Crippen LogP contribution in [0, 0.1) is 0 Å². The van der Waals surface area contributed by atoms with Gasteiger partial charge >= 0.3 is 6.18 Å². The van der Waals surface area contributed by atoms with Gasteiger partial charge in [0.15, 0.2) is 0 Å². The topological polar surface area (TPSA) is 228 Å². The third-order valence-corrected chi connectivity index (χ3v) is 12.3. The van der Waals surface area contributed by atoms with Crippen LogP contribution < -0.4 is 16.0 Å². The average molecular weight is 1030 g/mol. The molecule has 22 heteroatoms. The monoisotopic (exact) mass is 1030 g/mol. The Labute approximate surface area is 421 Å². The van der Waals surface area contributed by atoms with Gasteiger partial charge in [-0.2, -0.15) is 23.0 Å². The molecule has 5 N–H and O–H groups in total. The molecule has 1 saturated heterocycles. The number of amides is 5. The summed E-state index contributed by atoms with van der Waals surface area (Å²) in [5.74, 6) is -2.57. The number of halogens is 4. The molecule has 1 fully saturated rings. The van der Waals surface area contributed by atoms with Gasteiger partial charge in [0.1, 0.15) is 18.3 Å². The largest absolute Gasteiger partial charge is 0.493 e. The lowest BCUT2D eigenvalue weighted by molar-refractivity contribution is -0.138. The number of hydrogen-bond acceptors (Lipinski definition) is 13. The molecule has 0 radical (unpaired) electrons. The summed E-state index contributed by atoms with van der Waals surface area (Å²) in [4.78, 5) is 70.9. The van der Waals surface area contributed by atoms with Crippen molar-refractivity contribution in [2.24, 2.45) is 0 Å². The van der Waals surface area contributed by atoms with Crippen LogP contribution in [0.3, 0.4) is 0 Å². The molecular formula is C51H52ClF3N8O10. The molecule has 73 heavy (non-hydrogen) atoms. The minimum Gasteiger partial charge on any atom is -0.493 e. The molecule has 2 aromatic heterocycles. The van der Waals surface area contributed by atoms with Gasteiger partial charge in [-0.1, -0.05) is 54.1 Å². The van der Waals surface area contributed by atoms with Gasteiger partial charge in [0.2, 0.25) is 29.5 Å². The number of nitrogens with one attached hydrogen (secondary N) is 4. The first-order chi connectivity index (χ1) is 35.2. The molecule has 2 aliphatic heterocycles. The second-order valence-corrected chi connectivity index (χ2v) is 17.6. The summed E-state index contributed by atoms with van der Waals surface area (Å²) < 4.78 is 63.5. The van der Waals surface area contributed by atoms with Crippen molar-refractivity contribution in [3.8, 4) is 23.1 Å². The highest BCUT2D eigenvalue weighted by Crippen LogP contribution is 2.36. The predicted molar refractivity (Wildman–Crippen MR) is 260 cm³/mol. The summed E-state index contributed by atoms with van der Waals surface area (Å²) in [5.41, 5.74) is 4.52. The lowest BCUT2D eigenvalue weighted by Crippen LogP contribution is -2.54. The van der Waals surface area contributed by atoms with Gasteiger partial charge < -0.3 is 39.7 Å². The molecule has 2 aliphatic rings. The van der Waals surface area contributed by atoms with E-state index in [1.54, 1.807) is 30.3 Å². The van der Waals surface area contributed by atoms with Crippen molar-refractivity contribution < 1.29 is 61.2 Å². The van der Waals surface area contributed by atoms with Crippen LogP contribution in [0.4, 0.5) is 18.9 Å². The SMILES string of the molecule is O=C(COCCOCCOCCCc1ccc(CCc2c(-c3ccc(C(F)(F)F)cc3)nn(-c3nc4cc(Cl)ccc4[nH]3)c2O)cc1)NCCOCCNc1cccc2c1C(=O)N(C1CCC(=O)NC1=O)C2=O. The number of benzene rings is 4. The van der Waals surface area contributed by atoms with Crippen LogP contribution in [-0.4, -0.2) is 131 Å². The fourth-order valence-electron chi connectivity index (χ4n) is 8.40. The van der Waals surface area contributed by atoms with E-state index in [9.17, 15) is 42.3 Å². The van der Waals surface area contributed by atoms with Crippen LogP contribution in [-0.2, 0) is 58.8 Å². The van der Waals surface area contributed by atoms with Crippen LogP contribution >= 0.6 is 11.6 Å². The first kappa shape index (κ1) is 52.2. The number of imidazole rings is 1. The van der Waals surface area contributed by atoms with Crippen LogP contribution in [0.15, 0.2) is 84.9 Å². The van der Waals surface area contributed by atoms with Gasteiger partial charge in [-0.15, -0.1) is 0 Å². The first-order valence-corrected chi connectivity index (χ1v) is 24.0. The quantitative estimate of drug-likeness (QED) is 0.0318. The molecule has 4 heterocycles. The minimum absolute atomic E-state index is 0.0332. The molecule has 4 aromatic carbocycles. The Hall–Kier alpha value is -7.17. The van der Waals surface area contributed by atoms with Crippen molar-refractivity contribution in [1.82, 2.24) is 35.3 Å². The number of nitrogens with zero attached hydrogens (tertiary/aromatic N) is 4. The van der Waals surface area contributed by atoms with E-state index < -0.39 is 41.4 Å². The number of piperidine rings is 1. The number of aromatic amines is 1. The number of carbonyl (C=O) groups excluding carboxylic acids is 5. The number of aryl methyl sites for hydroxylation is 2. The number of ether oxygens (including phenoxy) is 4. The molecule has 18 nitrogen and oxygen atoms in total. The van der Waals surface area contributed by atoms with E-state index in [-0.39, 0.29) is 81.3 Å². The number of imide groups is 2. The fraction of sp³-hybridized carbons (Fsp3) is 0.353. The zero-order valence-electron chi connectivity index (χ0n) is 39.4. The third-order valence-electron chi connectivity index (χ3n) is 12.1. The third kappa shape index (κ3) is 13.1. The molecular weight excluding hydrogens is 977 g/mol. The molecule has 6 aromatic rings. The van der Waals surface area contributed by atoms with Crippen molar-refractivity contribution in [3.05, 3.63) is 123 Å². The van der Waals surface area contributed by atoms with Crippen LogP contribution in [0.5, 0.6) is 5.88 Å². The second kappa shape index (κ2) is 24.0. The smallest absolute Gasteiger partial charge is 0.416 e. The zero-order valence-corrected chi connectivity index (χ0v) is 40.2. The van der Waals surface area contributed by atoms with Gasteiger partial charge in [-0.25, -0.2) is 4.98 Å². The Morgan fingerprint density at radius 3 is 2.25 bits per heavy atom. The van der Waals surface area contributed by atoms with Gasteiger partial charge in [0, 0.05) is 48.0 Å². The Bertz CT molecular complexity index is 2950. The van der Waals surface area contributed by atoms with Crippen molar-refractivity contribution in [3.63, 3.8) is 0 Å². The summed E-state index contributed by atoms with van der Waals surface area (Å²) >= 11 is 6.14. The number of anilines is 1.